The molecule has 1 aromatic carbocycles. The summed E-state index contributed by atoms with van der Waals surface area (Å²) in [5, 5.41) is 0. The third-order valence-electron chi connectivity index (χ3n) is 1.92. The van der Waals surface area contributed by atoms with Gasteiger partial charge in [0.25, 0.3) is 0 Å². The largest absolute Gasteiger partial charge is 0.573 e. The number of alkyl halides is 3. The van der Waals surface area contributed by atoms with Crippen molar-refractivity contribution >= 4 is 0 Å². The van der Waals surface area contributed by atoms with Crippen LogP contribution in [0.3, 0.4) is 0 Å². The Morgan fingerprint density at radius 2 is 1.69 bits per heavy atom. The zero-order chi connectivity index (χ0) is 12.2. The molecular weight excluding hydrogens is 221 g/mol. The van der Waals surface area contributed by atoms with Crippen molar-refractivity contribution in [2.45, 2.75) is 25.4 Å². The number of ether oxygens (including phenoxy) is 1. The van der Waals surface area contributed by atoms with Crippen molar-refractivity contribution in [1.82, 2.24) is 0 Å². The van der Waals surface area contributed by atoms with Crippen molar-refractivity contribution in [2.75, 3.05) is 0 Å². The fraction of sp³-hybridized carbons (Fsp3) is 0.400. The number of rotatable bonds is 4. The third kappa shape index (κ3) is 4.99. The molecule has 0 aliphatic rings. The van der Waals surface area contributed by atoms with Gasteiger partial charge in [-0.25, -0.2) is 0 Å². The first-order valence-corrected chi connectivity index (χ1v) is 4.73. The van der Waals surface area contributed by atoms with Gasteiger partial charge in [0.2, 0.25) is 0 Å². The maximum absolute atomic E-state index is 11.8. The van der Waals surface area contributed by atoms with Gasteiger partial charge in [0, 0.05) is 0 Å². The molecule has 0 aliphatic heterocycles. The predicted octanol–water partition coefficient (Wildman–Crippen LogP) is 1.76. The Kier molecular flexibility index (Phi) is 4.14. The lowest BCUT2D eigenvalue weighted by atomic mass is 10.1. The molecule has 0 heterocycles. The van der Waals surface area contributed by atoms with E-state index in [2.05, 4.69) is 4.74 Å². The van der Waals surface area contributed by atoms with E-state index in [-0.39, 0.29) is 5.75 Å². The van der Waals surface area contributed by atoms with E-state index in [1.165, 1.54) is 12.1 Å². The van der Waals surface area contributed by atoms with Gasteiger partial charge in [0.05, 0.1) is 6.17 Å². The maximum atomic E-state index is 11.8. The summed E-state index contributed by atoms with van der Waals surface area (Å²) in [6.45, 7) is 0. The van der Waals surface area contributed by atoms with E-state index >= 15 is 0 Å². The minimum atomic E-state index is -4.65. The van der Waals surface area contributed by atoms with Gasteiger partial charge in [0.1, 0.15) is 5.75 Å². The highest BCUT2D eigenvalue weighted by atomic mass is 19.4. The van der Waals surface area contributed by atoms with E-state index in [9.17, 15) is 13.2 Å². The van der Waals surface area contributed by atoms with Crippen molar-refractivity contribution in [3.8, 4) is 5.75 Å². The first-order valence-electron chi connectivity index (χ1n) is 4.73. The minimum Gasteiger partial charge on any atom is -0.406 e. The standard InChI is InChI=1S/C10H13F3N2O/c11-10(12,13)16-8-4-1-7(2-5-8)3-6-9(14)15/h1-2,4-5,9H,3,6,14-15H2. The summed E-state index contributed by atoms with van der Waals surface area (Å²) in [5.74, 6) is -0.228. The first-order chi connectivity index (χ1) is 7.37. The van der Waals surface area contributed by atoms with Gasteiger partial charge in [-0.15, -0.1) is 13.2 Å². The summed E-state index contributed by atoms with van der Waals surface area (Å²) in [5.41, 5.74) is 11.6. The molecule has 0 bridgehead atoms. The molecule has 0 saturated carbocycles. The lowest BCUT2D eigenvalue weighted by molar-refractivity contribution is -0.274. The van der Waals surface area contributed by atoms with E-state index in [4.69, 9.17) is 11.5 Å². The van der Waals surface area contributed by atoms with Crippen LogP contribution in [0.4, 0.5) is 13.2 Å². The molecule has 16 heavy (non-hydrogen) atoms. The number of hydrogen-bond acceptors (Lipinski definition) is 3. The Balaban J connectivity index is 2.54. The second kappa shape index (κ2) is 5.18. The van der Waals surface area contributed by atoms with E-state index in [1.807, 2.05) is 0 Å². The Morgan fingerprint density at radius 1 is 1.12 bits per heavy atom. The van der Waals surface area contributed by atoms with Crippen molar-refractivity contribution in [1.29, 1.82) is 0 Å². The van der Waals surface area contributed by atoms with E-state index in [0.717, 1.165) is 5.56 Å². The Morgan fingerprint density at radius 3 is 2.12 bits per heavy atom. The maximum Gasteiger partial charge on any atom is 0.573 e. The molecule has 0 unspecified atom stereocenters. The summed E-state index contributed by atoms with van der Waals surface area (Å²) in [7, 11) is 0. The van der Waals surface area contributed by atoms with Crippen LogP contribution in [0.2, 0.25) is 0 Å². The van der Waals surface area contributed by atoms with E-state index < -0.39 is 12.5 Å². The molecular formula is C10H13F3N2O. The van der Waals surface area contributed by atoms with Gasteiger partial charge in [-0.3, -0.25) is 0 Å². The summed E-state index contributed by atoms with van der Waals surface area (Å²) in [4.78, 5) is 0. The molecule has 0 radical (unpaired) electrons. The molecule has 0 aromatic heterocycles. The van der Waals surface area contributed by atoms with E-state index in [0.29, 0.717) is 12.8 Å². The topological polar surface area (TPSA) is 61.3 Å². The number of benzene rings is 1. The van der Waals surface area contributed by atoms with Crippen molar-refractivity contribution in [3.05, 3.63) is 29.8 Å². The zero-order valence-electron chi connectivity index (χ0n) is 8.50. The fourth-order valence-electron chi connectivity index (χ4n) is 1.19. The molecule has 0 saturated heterocycles. The molecule has 0 spiro atoms. The van der Waals surface area contributed by atoms with Crippen LogP contribution in [0.1, 0.15) is 12.0 Å². The highest BCUT2D eigenvalue weighted by molar-refractivity contribution is 5.27. The molecule has 90 valence electrons. The average molecular weight is 234 g/mol. The fourth-order valence-corrected chi connectivity index (χ4v) is 1.19. The molecule has 0 amide bonds. The molecule has 1 rings (SSSR count). The lowest BCUT2D eigenvalue weighted by Gasteiger charge is -2.09. The number of nitrogens with two attached hydrogens (primary N) is 2. The summed E-state index contributed by atoms with van der Waals surface area (Å²) in [6, 6.07) is 5.66. The first kappa shape index (κ1) is 12.8. The third-order valence-corrected chi connectivity index (χ3v) is 1.92. The van der Waals surface area contributed by atoms with Crippen LogP contribution in [0.5, 0.6) is 5.75 Å². The quantitative estimate of drug-likeness (QED) is 0.780. The van der Waals surface area contributed by atoms with Crippen LogP contribution < -0.4 is 16.2 Å². The van der Waals surface area contributed by atoms with Gasteiger partial charge in [-0.05, 0) is 30.5 Å². The smallest absolute Gasteiger partial charge is 0.406 e. The monoisotopic (exact) mass is 234 g/mol. The highest BCUT2D eigenvalue weighted by Crippen LogP contribution is 2.22. The molecule has 1 aromatic rings. The minimum absolute atomic E-state index is 0.228. The van der Waals surface area contributed by atoms with Crippen LogP contribution >= 0.6 is 0 Å². The second-order valence-electron chi connectivity index (χ2n) is 3.39. The SMILES string of the molecule is NC(N)CCc1ccc(OC(F)(F)F)cc1. The van der Waals surface area contributed by atoms with Gasteiger partial charge in [0.15, 0.2) is 0 Å². The van der Waals surface area contributed by atoms with Gasteiger partial charge in [-0.2, -0.15) is 0 Å². The molecule has 0 aliphatic carbocycles. The number of halogens is 3. The van der Waals surface area contributed by atoms with Crippen LogP contribution in [0, 0.1) is 0 Å². The van der Waals surface area contributed by atoms with Crippen LogP contribution in [0.25, 0.3) is 0 Å². The normalized spacial score (nSPS) is 11.9. The zero-order valence-corrected chi connectivity index (χ0v) is 8.50. The Bertz CT molecular complexity index is 322. The molecule has 4 N–H and O–H groups in total. The molecule has 0 atom stereocenters. The summed E-state index contributed by atoms with van der Waals surface area (Å²) >= 11 is 0. The van der Waals surface area contributed by atoms with Crippen LogP contribution in [0.15, 0.2) is 24.3 Å². The predicted molar refractivity (Wildman–Crippen MR) is 53.6 cm³/mol. The molecule has 0 fully saturated rings. The van der Waals surface area contributed by atoms with Gasteiger partial charge >= 0.3 is 6.36 Å². The van der Waals surface area contributed by atoms with Crippen molar-refractivity contribution < 1.29 is 17.9 Å². The van der Waals surface area contributed by atoms with E-state index in [1.54, 1.807) is 12.1 Å². The molecule has 6 heteroatoms. The Hall–Kier alpha value is -1.27. The summed E-state index contributed by atoms with van der Waals surface area (Å²) in [6.07, 6.45) is -3.85. The number of hydrogen-bond donors (Lipinski definition) is 2. The molecule has 3 nitrogen and oxygen atoms in total. The number of aryl methyl sites for hydroxylation is 1. The second-order valence-corrected chi connectivity index (χ2v) is 3.39. The van der Waals surface area contributed by atoms with Crippen LogP contribution in [-0.4, -0.2) is 12.5 Å². The van der Waals surface area contributed by atoms with Crippen molar-refractivity contribution in [2.24, 2.45) is 11.5 Å². The highest BCUT2D eigenvalue weighted by Gasteiger charge is 2.30. The van der Waals surface area contributed by atoms with Crippen molar-refractivity contribution in [3.63, 3.8) is 0 Å². The van der Waals surface area contributed by atoms with Gasteiger partial charge < -0.3 is 16.2 Å². The Labute approximate surface area is 91.2 Å². The lowest BCUT2D eigenvalue weighted by Crippen LogP contribution is -2.30. The summed E-state index contributed by atoms with van der Waals surface area (Å²) < 4.78 is 39.3. The van der Waals surface area contributed by atoms with Crippen LogP contribution in [-0.2, 0) is 6.42 Å². The van der Waals surface area contributed by atoms with Gasteiger partial charge in [-0.1, -0.05) is 12.1 Å². The average Bonchev–Trinajstić information content (AvgIpc) is 2.14.